The Bertz CT molecular complexity index is 454. The Morgan fingerprint density at radius 1 is 1.25 bits per heavy atom. The van der Waals surface area contributed by atoms with E-state index in [0.717, 1.165) is 16.9 Å². The molecule has 1 rings (SSSR count). The Labute approximate surface area is 122 Å². The number of carbonyl (C=O) groups excluding carboxylic acids is 1. The van der Waals surface area contributed by atoms with Crippen molar-refractivity contribution in [3.05, 3.63) is 29.3 Å². The van der Waals surface area contributed by atoms with Gasteiger partial charge in [-0.05, 0) is 50.3 Å². The van der Waals surface area contributed by atoms with Crippen molar-refractivity contribution in [1.82, 2.24) is 5.32 Å². The van der Waals surface area contributed by atoms with Crippen molar-refractivity contribution >= 4 is 5.91 Å². The van der Waals surface area contributed by atoms with Crippen LogP contribution in [0.2, 0.25) is 0 Å². The van der Waals surface area contributed by atoms with E-state index in [1.54, 1.807) is 0 Å². The zero-order chi connectivity index (χ0) is 15.3. The summed E-state index contributed by atoms with van der Waals surface area (Å²) in [6, 6.07) is 6.20. The molecule has 0 aromatic heterocycles. The summed E-state index contributed by atoms with van der Waals surface area (Å²) in [7, 11) is 0. The number of hydrogen-bond acceptors (Lipinski definition) is 2. The summed E-state index contributed by atoms with van der Waals surface area (Å²) in [4.78, 5) is 12.3. The van der Waals surface area contributed by atoms with E-state index in [0.29, 0.717) is 12.3 Å². The molecule has 0 unspecified atom stereocenters. The molecule has 112 valence electrons. The first-order chi connectivity index (χ1) is 9.35. The van der Waals surface area contributed by atoms with Crippen LogP contribution >= 0.6 is 0 Å². The summed E-state index contributed by atoms with van der Waals surface area (Å²) in [5.41, 5.74) is 2.19. The second-order valence-electron chi connectivity index (χ2n) is 5.82. The van der Waals surface area contributed by atoms with Crippen molar-refractivity contribution in [2.24, 2.45) is 5.92 Å². The molecule has 3 heteroatoms. The van der Waals surface area contributed by atoms with E-state index in [9.17, 15) is 4.79 Å². The number of carbonyl (C=O) groups is 1. The Balaban J connectivity index is 2.76. The van der Waals surface area contributed by atoms with Gasteiger partial charge < -0.3 is 10.1 Å². The fraction of sp³-hybridized carbons (Fsp3) is 0.588. The molecule has 1 N–H and O–H groups in total. The van der Waals surface area contributed by atoms with Crippen LogP contribution in [0.15, 0.2) is 18.2 Å². The molecule has 0 saturated carbocycles. The molecule has 0 bridgehead atoms. The van der Waals surface area contributed by atoms with Crippen LogP contribution in [0.5, 0.6) is 5.75 Å². The Morgan fingerprint density at radius 3 is 2.45 bits per heavy atom. The van der Waals surface area contributed by atoms with E-state index < -0.39 is 6.10 Å². The number of ether oxygens (including phenoxy) is 1. The Kier molecular flexibility index (Phi) is 6.05. The highest BCUT2D eigenvalue weighted by Crippen LogP contribution is 2.21. The maximum Gasteiger partial charge on any atom is 0.261 e. The highest BCUT2D eigenvalue weighted by Gasteiger charge is 2.21. The Hall–Kier alpha value is -1.51. The molecule has 2 atom stereocenters. The van der Waals surface area contributed by atoms with E-state index in [1.165, 1.54) is 0 Å². The van der Waals surface area contributed by atoms with Gasteiger partial charge in [0.2, 0.25) is 0 Å². The summed E-state index contributed by atoms with van der Waals surface area (Å²) in [5, 5.41) is 3.02. The van der Waals surface area contributed by atoms with Crippen molar-refractivity contribution in [3.8, 4) is 5.75 Å². The van der Waals surface area contributed by atoms with Crippen molar-refractivity contribution in [2.45, 2.75) is 60.1 Å². The highest BCUT2D eigenvalue weighted by atomic mass is 16.5. The number of nitrogens with one attached hydrogen (secondary N) is 1. The third-order valence-corrected chi connectivity index (χ3v) is 3.65. The van der Waals surface area contributed by atoms with E-state index in [1.807, 2.05) is 45.9 Å². The molecular formula is C17H27NO2. The van der Waals surface area contributed by atoms with Gasteiger partial charge in [0, 0.05) is 6.04 Å². The van der Waals surface area contributed by atoms with Crippen LogP contribution in [0, 0.1) is 19.8 Å². The van der Waals surface area contributed by atoms with Gasteiger partial charge in [-0.3, -0.25) is 4.79 Å². The maximum atomic E-state index is 12.3. The molecule has 20 heavy (non-hydrogen) atoms. The van der Waals surface area contributed by atoms with Crippen LogP contribution in [0.25, 0.3) is 0 Å². The van der Waals surface area contributed by atoms with Crippen molar-refractivity contribution in [2.75, 3.05) is 0 Å². The number of hydrogen-bond donors (Lipinski definition) is 1. The van der Waals surface area contributed by atoms with Crippen LogP contribution in [0.4, 0.5) is 0 Å². The lowest BCUT2D eigenvalue weighted by atomic mass is 10.1. The molecule has 1 aromatic carbocycles. The molecule has 0 fully saturated rings. The zero-order valence-electron chi connectivity index (χ0n) is 13.5. The minimum atomic E-state index is -0.434. The molecule has 1 amide bonds. The second-order valence-corrected chi connectivity index (χ2v) is 5.82. The van der Waals surface area contributed by atoms with Crippen LogP contribution in [0.3, 0.4) is 0 Å². The predicted molar refractivity (Wildman–Crippen MR) is 83.1 cm³/mol. The van der Waals surface area contributed by atoms with Crippen LogP contribution in [-0.2, 0) is 4.79 Å². The molecule has 0 aliphatic carbocycles. The average molecular weight is 277 g/mol. The van der Waals surface area contributed by atoms with Gasteiger partial charge in [-0.15, -0.1) is 0 Å². The van der Waals surface area contributed by atoms with E-state index in [2.05, 4.69) is 19.2 Å². The van der Waals surface area contributed by atoms with Crippen LogP contribution in [0.1, 0.15) is 45.2 Å². The predicted octanol–water partition coefficient (Wildman–Crippen LogP) is 3.62. The monoisotopic (exact) mass is 277 g/mol. The van der Waals surface area contributed by atoms with Crippen molar-refractivity contribution in [1.29, 1.82) is 0 Å². The minimum absolute atomic E-state index is 0.0328. The molecule has 0 heterocycles. The largest absolute Gasteiger partial charge is 0.480 e. The fourth-order valence-corrected chi connectivity index (χ4v) is 1.79. The summed E-state index contributed by atoms with van der Waals surface area (Å²) in [6.07, 6.45) is 0.223. The molecule has 1 aromatic rings. The summed E-state index contributed by atoms with van der Waals surface area (Å²) in [5.74, 6) is 1.18. The van der Waals surface area contributed by atoms with E-state index in [-0.39, 0.29) is 11.9 Å². The van der Waals surface area contributed by atoms with Crippen molar-refractivity contribution < 1.29 is 9.53 Å². The Morgan fingerprint density at radius 2 is 1.90 bits per heavy atom. The SMILES string of the molecule is CC[C@H](Oc1cc(C)ccc1C)C(=O)N[C@@H](C)C(C)C. The highest BCUT2D eigenvalue weighted by molar-refractivity contribution is 5.81. The quantitative estimate of drug-likeness (QED) is 0.862. The van der Waals surface area contributed by atoms with E-state index in [4.69, 9.17) is 4.74 Å². The third-order valence-electron chi connectivity index (χ3n) is 3.65. The average Bonchev–Trinajstić information content (AvgIpc) is 2.39. The zero-order valence-corrected chi connectivity index (χ0v) is 13.5. The number of aryl methyl sites for hydroxylation is 2. The first-order valence-corrected chi connectivity index (χ1v) is 7.39. The normalized spacial score (nSPS) is 13.9. The number of rotatable bonds is 6. The smallest absolute Gasteiger partial charge is 0.261 e. The number of benzene rings is 1. The summed E-state index contributed by atoms with van der Waals surface area (Å²) in [6.45, 7) is 12.2. The van der Waals surface area contributed by atoms with Gasteiger partial charge in [0.15, 0.2) is 6.10 Å². The topological polar surface area (TPSA) is 38.3 Å². The van der Waals surface area contributed by atoms with Gasteiger partial charge in [0.25, 0.3) is 5.91 Å². The van der Waals surface area contributed by atoms with Crippen LogP contribution in [-0.4, -0.2) is 18.1 Å². The van der Waals surface area contributed by atoms with Gasteiger partial charge in [-0.1, -0.05) is 32.9 Å². The van der Waals surface area contributed by atoms with Gasteiger partial charge in [0.1, 0.15) is 5.75 Å². The molecule has 0 radical (unpaired) electrons. The first kappa shape index (κ1) is 16.5. The third kappa shape index (κ3) is 4.55. The standard InChI is InChI=1S/C17H27NO2/c1-7-15(17(19)18-14(6)11(2)3)20-16-10-12(4)8-9-13(16)5/h8-11,14-15H,7H2,1-6H3,(H,18,19)/t14-,15-/m0/s1. The van der Waals surface area contributed by atoms with Gasteiger partial charge in [0.05, 0.1) is 0 Å². The van der Waals surface area contributed by atoms with Gasteiger partial charge >= 0.3 is 0 Å². The second kappa shape index (κ2) is 7.32. The molecule has 3 nitrogen and oxygen atoms in total. The molecule has 0 aliphatic heterocycles. The fourth-order valence-electron chi connectivity index (χ4n) is 1.79. The lowest BCUT2D eigenvalue weighted by Gasteiger charge is -2.23. The van der Waals surface area contributed by atoms with Gasteiger partial charge in [-0.25, -0.2) is 0 Å². The minimum Gasteiger partial charge on any atom is -0.480 e. The lowest BCUT2D eigenvalue weighted by Crippen LogP contribution is -2.44. The molecule has 0 aliphatic rings. The molecule has 0 saturated heterocycles. The van der Waals surface area contributed by atoms with Crippen LogP contribution < -0.4 is 10.1 Å². The van der Waals surface area contributed by atoms with E-state index >= 15 is 0 Å². The summed E-state index contributed by atoms with van der Waals surface area (Å²) >= 11 is 0. The molecular weight excluding hydrogens is 250 g/mol. The van der Waals surface area contributed by atoms with Crippen molar-refractivity contribution in [3.63, 3.8) is 0 Å². The number of amides is 1. The maximum absolute atomic E-state index is 12.3. The van der Waals surface area contributed by atoms with Gasteiger partial charge in [-0.2, -0.15) is 0 Å². The lowest BCUT2D eigenvalue weighted by molar-refractivity contribution is -0.129. The summed E-state index contributed by atoms with van der Waals surface area (Å²) < 4.78 is 5.91. The molecule has 0 spiro atoms. The first-order valence-electron chi connectivity index (χ1n) is 7.39.